The summed E-state index contributed by atoms with van der Waals surface area (Å²) in [5.74, 6) is 0.816. The topological polar surface area (TPSA) is 33.6 Å². The molecule has 2 aromatic carbocycles. The highest BCUT2D eigenvalue weighted by Gasteiger charge is 2.29. The molecule has 1 aliphatic rings. The van der Waals surface area contributed by atoms with Gasteiger partial charge in [-0.15, -0.1) is 0 Å². The van der Waals surface area contributed by atoms with Gasteiger partial charge in [-0.3, -0.25) is 4.99 Å². The third-order valence-corrected chi connectivity index (χ3v) is 8.24. The third kappa shape index (κ3) is 3.92. The predicted octanol–water partition coefficient (Wildman–Crippen LogP) is 4.79. The average Bonchev–Trinajstić information content (AvgIpc) is 2.90. The molecular weight excluding hydrogens is 331 g/mol. The fourth-order valence-electron chi connectivity index (χ4n) is 2.11. The van der Waals surface area contributed by atoms with Crippen LogP contribution in [0.3, 0.4) is 0 Å². The molecule has 1 aliphatic heterocycles. The molecule has 1 saturated heterocycles. The number of rotatable bonds is 4. The molecule has 0 unspecified atom stereocenters. The molecule has 1 N–H and O–H groups in total. The molecule has 0 bridgehead atoms. The van der Waals surface area contributed by atoms with Gasteiger partial charge in [0.1, 0.15) is 5.75 Å². The third-order valence-electron chi connectivity index (χ3n) is 3.23. The number of hydrogen-bond acceptors (Lipinski definition) is 4. The van der Waals surface area contributed by atoms with Gasteiger partial charge in [0.15, 0.2) is 5.17 Å². The van der Waals surface area contributed by atoms with Crippen molar-refractivity contribution in [3.63, 3.8) is 0 Å². The second-order valence-electron chi connectivity index (χ2n) is 4.98. The van der Waals surface area contributed by atoms with E-state index in [-0.39, 0.29) is 6.04 Å². The number of hydrogen-bond donors (Lipinski definition) is 1. The minimum Gasteiger partial charge on any atom is -0.448 e. The molecule has 2 aromatic rings. The summed E-state index contributed by atoms with van der Waals surface area (Å²) in [7, 11) is 0. The maximum Gasteiger partial charge on any atom is 0.213 e. The Morgan fingerprint density at radius 3 is 2.45 bits per heavy atom. The van der Waals surface area contributed by atoms with E-state index in [4.69, 9.17) is 21.3 Å². The highest BCUT2D eigenvalue weighted by Crippen LogP contribution is 2.51. The summed E-state index contributed by atoms with van der Waals surface area (Å²) in [5.41, 5.74) is 1.96. The molecule has 0 amide bonds. The quantitative estimate of drug-likeness (QED) is 0.806. The minimum atomic E-state index is -2.08. The van der Waals surface area contributed by atoms with Crippen molar-refractivity contribution in [1.29, 1.82) is 0 Å². The van der Waals surface area contributed by atoms with Gasteiger partial charge >= 0.3 is 0 Å². The van der Waals surface area contributed by atoms with Crippen LogP contribution in [0.2, 0.25) is 0 Å². The van der Waals surface area contributed by atoms with E-state index >= 15 is 0 Å². The zero-order chi connectivity index (χ0) is 15.4. The molecule has 22 heavy (non-hydrogen) atoms. The number of benzene rings is 2. The van der Waals surface area contributed by atoms with Crippen molar-refractivity contribution in [2.45, 2.75) is 13.0 Å². The van der Waals surface area contributed by atoms with Crippen LogP contribution in [0, 0.1) is 0 Å². The Hall–Kier alpha value is -1.29. The number of aliphatic imine (C=N–C) groups is 1. The summed E-state index contributed by atoms with van der Waals surface area (Å²) in [6.45, 7) is 2.09. The van der Waals surface area contributed by atoms with E-state index in [1.807, 2.05) is 48.5 Å². The number of nitrogens with zero attached hydrogens (tertiary/aromatic N) is 1. The molecule has 114 valence electrons. The molecule has 0 aromatic heterocycles. The first-order valence-electron chi connectivity index (χ1n) is 7.02. The molecular formula is C16H17N2OPS2. The van der Waals surface area contributed by atoms with Gasteiger partial charge in [-0.25, -0.2) is 0 Å². The Labute approximate surface area is 140 Å². The largest absolute Gasteiger partial charge is 0.448 e. The van der Waals surface area contributed by atoms with Crippen LogP contribution in [-0.2, 0) is 11.8 Å². The van der Waals surface area contributed by atoms with E-state index in [0.717, 1.165) is 16.4 Å². The van der Waals surface area contributed by atoms with E-state index in [1.165, 1.54) is 5.56 Å². The van der Waals surface area contributed by atoms with Crippen molar-refractivity contribution < 1.29 is 4.52 Å². The number of thioether (sulfide) groups is 1. The maximum absolute atomic E-state index is 5.99. The predicted molar refractivity (Wildman–Crippen MR) is 99.2 cm³/mol. The number of para-hydroxylation sites is 1. The lowest BCUT2D eigenvalue weighted by Crippen LogP contribution is -2.13. The van der Waals surface area contributed by atoms with E-state index in [1.54, 1.807) is 11.8 Å². The zero-order valence-electron chi connectivity index (χ0n) is 12.2. The summed E-state index contributed by atoms with van der Waals surface area (Å²) in [5, 5.41) is 4.22. The van der Waals surface area contributed by atoms with Gasteiger partial charge in [-0.2, -0.15) is 0 Å². The number of nitrogens with one attached hydrogen (secondary N) is 1. The summed E-state index contributed by atoms with van der Waals surface area (Å²) in [6, 6.07) is 20.1. The summed E-state index contributed by atoms with van der Waals surface area (Å²) in [6.07, 6.45) is -2.08. The molecule has 0 spiro atoms. The molecule has 1 heterocycles. The average molecular weight is 348 g/mol. The van der Waals surface area contributed by atoms with Crippen LogP contribution in [0.15, 0.2) is 65.7 Å². The molecule has 0 radical (unpaired) electrons. The fourth-order valence-corrected chi connectivity index (χ4v) is 6.70. The first-order chi connectivity index (χ1) is 10.6. The van der Waals surface area contributed by atoms with Crippen LogP contribution >= 0.6 is 18.2 Å². The number of amidine groups is 1. The van der Waals surface area contributed by atoms with E-state index in [2.05, 4.69) is 24.1 Å². The second-order valence-corrected chi connectivity index (χ2v) is 10.2. The first-order valence-corrected chi connectivity index (χ1v) is 10.9. The van der Waals surface area contributed by atoms with Crippen LogP contribution in [0.1, 0.15) is 18.5 Å². The van der Waals surface area contributed by atoms with Crippen molar-refractivity contribution in [1.82, 2.24) is 5.09 Å². The van der Waals surface area contributed by atoms with Crippen LogP contribution in [0.5, 0.6) is 5.75 Å². The Bertz CT molecular complexity index is 707. The molecule has 0 aliphatic carbocycles. The smallest absolute Gasteiger partial charge is 0.213 e. The lowest BCUT2D eigenvalue weighted by molar-refractivity contribution is 0.611. The van der Waals surface area contributed by atoms with E-state index < -0.39 is 6.42 Å². The molecule has 3 nitrogen and oxygen atoms in total. The van der Waals surface area contributed by atoms with Crippen LogP contribution in [0.4, 0.5) is 0 Å². The molecule has 6 heteroatoms. The lowest BCUT2D eigenvalue weighted by atomic mass is 10.1. The summed E-state index contributed by atoms with van der Waals surface area (Å²) >= 11 is 7.32. The molecule has 3 rings (SSSR count). The highest BCUT2D eigenvalue weighted by atomic mass is 32.5. The van der Waals surface area contributed by atoms with Crippen LogP contribution < -0.4 is 9.61 Å². The summed E-state index contributed by atoms with van der Waals surface area (Å²) in [4.78, 5) is 4.73. The van der Waals surface area contributed by atoms with Crippen molar-refractivity contribution in [2.24, 2.45) is 4.99 Å². The highest BCUT2D eigenvalue weighted by molar-refractivity contribution is 8.28. The monoisotopic (exact) mass is 348 g/mol. The van der Waals surface area contributed by atoms with Crippen molar-refractivity contribution in [2.75, 3.05) is 5.49 Å². The molecule has 1 fully saturated rings. The van der Waals surface area contributed by atoms with Gasteiger partial charge in [0.25, 0.3) is 0 Å². The zero-order valence-corrected chi connectivity index (χ0v) is 14.7. The first kappa shape index (κ1) is 15.6. The molecule has 0 saturated carbocycles. The van der Waals surface area contributed by atoms with Gasteiger partial charge in [-0.1, -0.05) is 60.3 Å². The second kappa shape index (κ2) is 6.86. The van der Waals surface area contributed by atoms with Crippen molar-refractivity contribution in [3.8, 4) is 5.75 Å². The molecule has 2 atom stereocenters. The standard InChI is InChI=1S/C16H17N2OPS2/c1-13(14-8-4-2-5-9-14)17-16-18-20(21,12-22-16)19-15-10-6-3-7-11-15/h2-11,13H,12H2,1H3,(H,17,18,21)/t13-,20+/m1/s1. The van der Waals surface area contributed by atoms with Gasteiger partial charge < -0.3 is 9.61 Å². The van der Waals surface area contributed by atoms with Gasteiger partial charge in [0.2, 0.25) is 6.42 Å². The van der Waals surface area contributed by atoms with Gasteiger partial charge in [0, 0.05) is 0 Å². The van der Waals surface area contributed by atoms with E-state index in [0.29, 0.717) is 0 Å². The Balaban J connectivity index is 1.69. The lowest BCUT2D eigenvalue weighted by Gasteiger charge is -2.17. The van der Waals surface area contributed by atoms with Crippen LogP contribution in [-0.4, -0.2) is 10.7 Å². The van der Waals surface area contributed by atoms with Crippen molar-refractivity contribution >= 4 is 35.2 Å². The minimum absolute atomic E-state index is 0.106. The van der Waals surface area contributed by atoms with Crippen molar-refractivity contribution in [3.05, 3.63) is 66.2 Å². The Morgan fingerprint density at radius 1 is 1.14 bits per heavy atom. The SMILES string of the molecule is C[C@@H](N=C1N[P@](=S)(Oc2ccccc2)CS1)c1ccccc1. The maximum atomic E-state index is 5.99. The fraction of sp³-hybridized carbons (Fsp3) is 0.188. The Morgan fingerprint density at radius 2 is 1.77 bits per heavy atom. The van der Waals surface area contributed by atoms with E-state index in [9.17, 15) is 0 Å². The van der Waals surface area contributed by atoms with Crippen LogP contribution in [0.25, 0.3) is 0 Å². The summed E-state index contributed by atoms with van der Waals surface area (Å²) < 4.78 is 5.99. The van der Waals surface area contributed by atoms with Gasteiger partial charge in [0.05, 0.1) is 11.5 Å². The van der Waals surface area contributed by atoms with Gasteiger partial charge in [-0.05, 0) is 36.4 Å². The Kier molecular flexibility index (Phi) is 4.87. The normalized spacial score (nSPS) is 24.0.